The molecular weight excluding hydrogens is 260 g/mol. The molecule has 0 aliphatic rings. The molecule has 0 heterocycles. The van der Waals surface area contributed by atoms with Crippen molar-refractivity contribution in [2.24, 2.45) is 0 Å². The van der Waals surface area contributed by atoms with E-state index in [9.17, 15) is 0 Å². The summed E-state index contributed by atoms with van der Waals surface area (Å²) >= 11 is 0. The molecule has 108 valence electrons. The van der Waals surface area contributed by atoms with Gasteiger partial charge in [0.2, 0.25) is 0 Å². The molecule has 0 unspecified atom stereocenters. The molecule has 2 rings (SSSR count). The van der Waals surface area contributed by atoms with E-state index in [-0.39, 0.29) is 5.41 Å². The highest BCUT2D eigenvalue weighted by Gasteiger charge is 2.19. The lowest BCUT2D eigenvalue weighted by atomic mass is 9.86. The molecule has 0 spiro atoms. The molecule has 2 aromatic carbocycles. The van der Waals surface area contributed by atoms with Gasteiger partial charge in [0.15, 0.2) is 0 Å². The number of anilines is 1. The molecule has 2 N–H and O–H groups in total. The van der Waals surface area contributed by atoms with E-state index in [1.54, 1.807) is 18.2 Å². The van der Waals surface area contributed by atoms with Gasteiger partial charge < -0.3 is 10.5 Å². The molecule has 0 fully saturated rings. The molecule has 0 aliphatic heterocycles. The third-order valence-electron chi connectivity index (χ3n) is 3.30. The van der Waals surface area contributed by atoms with E-state index in [1.807, 2.05) is 13.0 Å². The molecule has 3 heteroatoms. The molecule has 3 nitrogen and oxygen atoms in total. The predicted molar refractivity (Wildman–Crippen MR) is 85.5 cm³/mol. The topological polar surface area (TPSA) is 59.0 Å². The maximum absolute atomic E-state index is 8.88. The standard InChI is InChI=1S/C18H20N2O/c1-12-5-7-14(18(2,3)4)17(9-12)21-16-8-6-13(11-19)10-15(16)20/h5-10H,20H2,1-4H3. The van der Waals surface area contributed by atoms with Gasteiger partial charge >= 0.3 is 0 Å². The maximum atomic E-state index is 8.88. The van der Waals surface area contributed by atoms with Crippen molar-refractivity contribution in [3.05, 3.63) is 53.1 Å². The summed E-state index contributed by atoms with van der Waals surface area (Å²) in [4.78, 5) is 0. The van der Waals surface area contributed by atoms with E-state index in [0.717, 1.165) is 16.9 Å². The van der Waals surface area contributed by atoms with Crippen LogP contribution in [0.25, 0.3) is 0 Å². The second kappa shape index (κ2) is 5.49. The van der Waals surface area contributed by atoms with Crippen molar-refractivity contribution in [1.82, 2.24) is 0 Å². The predicted octanol–water partition coefficient (Wildman–Crippen LogP) is 4.54. The fourth-order valence-corrected chi connectivity index (χ4v) is 2.16. The fraction of sp³-hybridized carbons (Fsp3) is 0.278. The number of ether oxygens (including phenoxy) is 1. The van der Waals surface area contributed by atoms with Crippen LogP contribution in [0.3, 0.4) is 0 Å². The van der Waals surface area contributed by atoms with Crippen LogP contribution in [-0.2, 0) is 5.41 Å². The van der Waals surface area contributed by atoms with Crippen molar-refractivity contribution >= 4 is 5.69 Å². The van der Waals surface area contributed by atoms with E-state index in [1.165, 1.54) is 0 Å². The van der Waals surface area contributed by atoms with E-state index in [0.29, 0.717) is 17.0 Å². The van der Waals surface area contributed by atoms with Gasteiger partial charge in [-0.3, -0.25) is 0 Å². The summed E-state index contributed by atoms with van der Waals surface area (Å²) in [6.07, 6.45) is 0. The summed E-state index contributed by atoms with van der Waals surface area (Å²) < 4.78 is 6.01. The number of hydrogen-bond donors (Lipinski definition) is 1. The average molecular weight is 280 g/mol. The quantitative estimate of drug-likeness (QED) is 0.822. The largest absolute Gasteiger partial charge is 0.455 e. The van der Waals surface area contributed by atoms with Crippen LogP contribution in [0.2, 0.25) is 0 Å². The Morgan fingerprint density at radius 2 is 1.76 bits per heavy atom. The Balaban J connectivity index is 2.44. The number of hydrogen-bond acceptors (Lipinski definition) is 3. The zero-order valence-corrected chi connectivity index (χ0v) is 12.9. The van der Waals surface area contributed by atoms with Crippen LogP contribution in [0.4, 0.5) is 5.69 Å². The Bertz CT molecular complexity index is 706. The molecule has 0 atom stereocenters. The lowest BCUT2D eigenvalue weighted by molar-refractivity contribution is 0.457. The first-order valence-corrected chi connectivity index (χ1v) is 6.90. The second-order valence-corrected chi connectivity index (χ2v) is 6.22. The van der Waals surface area contributed by atoms with Crippen molar-refractivity contribution in [2.45, 2.75) is 33.1 Å². The minimum atomic E-state index is -0.0234. The first kappa shape index (κ1) is 14.9. The van der Waals surface area contributed by atoms with Crippen LogP contribution in [0, 0.1) is 18.3 Å². The van der Waals surface area contributed by atoms with E-state index >= 15 is 0 Å². The summed E-state index contributed by atoms with van der Waals surface area (Å²) in [6, 6.07) is 13.3. The number of nitrogen functional groups attached to an aromatic ring is 1. The number of nitriles is 1. The number of benzene rings is 2. The van der Waals surface area contributed by atoms with Crippen molar-refractivity contribution in [3.8, 4) is 17.6 Å². The van der Waals surface area contributed by atoms with Crippen LogP contribution < -0.4 is 10.5 Å². The molecule has 0 radical (unpaired) electrons. The van der Waals surface area contributed by atoms with Crippen LogP contribution >= 0.6 is 0 Å². The fourth-order valence-electron chi connectivity index (χ4n) is 2.16. The Morgan fingerprint density at radius 1 is 1.05 bits per heavy atom. The Kier molecular flexibility index (Phi) is 3.90. The summed E-state index contributed by atoms with van der Waals surface area (Å²) in [5.74, 6) is 1.38. The highest BCUT2D eigenvalue weighted by Crippen LogP contribution is 2.36. The van der Waals surface area contributed by atoms with Gasteiger partial charge in [0.25, 0.3) is 0 Å². The number of rotatable bonds is 2. The van der Waals surface area contributed by atoms with Crippen LogP contribution in [-0.4, -0.2) is 0 Å². The Labute approximate surface area is 126 Å². The monoisotopic (exact) mass is 280 g/mol. The first-order valence-electron chi connectivity index (χ1n) is 6.90. The van der Waals surface area contributed by atoms with Crippen molar-refractivity contribution in [3.63, 3.8) is 0 Å². The van der Waals surface area contributed by atoms with Gasteiger partial charge in [-0.25, -0.2) is 0 Å². The molecule has 0 amide bonds. The molecule has 0 aliphatic carbocycles. The van der Waals surface area contributed by atoms with Crippen LogP contribution in [0.5, 0.6) is 11.5 Å². The highest BCUT2D eigenvalue weighted by molar-refractivity contribution is 5.58. The maximum Gasteiger partial charge on any atom is 0.150 e. The SMILES string of the molecule is Cc1ccc(C(C)(C)C)c(Oc2ccc(C#N)cc2N)c1. The Hall–Kier alpha value is -2.47. The van der Waals surface area contributed by atoms with Gasteiger partial charge in [0.05, 0.1) is 17.3 Å². The third-order valence-corrected chi connectivity index (χ3v) is 3.30. The molecule has 0 saturated heterocycles. The normalized spacial score (nSPS) is 11.0. The van der Waals surface area contributed by atoms with E-state index < -0.39 is 0 Å². The van der Waals surface area contributed by atoms with Crippen molar-refractivity contribution < 1.29 is 4.74 Å². The summed E-state index contributed by atoms with van der Waals surface area (Å²) in [5, 5.41) is 8.88. The van der Waals surface area contributed by atoms with Gasteiger partial charge in [-0.05, 0) is 42.2 Å². The number of nitrogens with zero attached hydrogens (tertiary/aromatic N) is 1. The molecule has 0 bridgehead atoms. The minimum absolute atomic E-state index is 0.0234. The second-order valence-electron chi connectivity index (χ2n) is 6.22. The number of nitrogens with two attached hydrogens (primary N) is 1. The van der Waals surface area contributed by atoms with E-state index in [2.05, 4.69) is 39.0 Å². The van der Waals surface area contributed by atoms with Crippen LogP contribution in [0.15, 0.2) is 36.4 Å². The van der Waals surface area contributed by atoms with E-state index in [4.69, 9.17) is 15.7 Å². The average Bonchev–Trinajstić information content (AvgIpc) is 2.39. The molecule has 21 heavy (non-hydrogen) atoms. The number of aryl methyl sites for hydroxylation is 1. The zero-order chi connectivity index (χ0) is 15.6. The molecule has 0 saturated carbocycles. The van der Waals surface area contributed by atoms with Crippen molar-refractivity contribution in [2.75, 3.05) is 5.73 Å². The van der Waals surface area contributed by atoms with Crippen molar-refractivity contribution in [1.29, 1.82) is 5.26 Å². The summed E-state index contributed by atoms with van der Waals surface area (Å²) in [5.41, 5.74) is 9.19. The third kappa shape index (κ3) is 3.35. The highest BCUT2D eigenvalue weighted by atomic mass is 16.5. The first-order chi connectivity index (χ1) is 9.81. The lowest BCUT2D eigenvalue weighted by Gasteiger charge is -2.23. The lowest BCUT2D eigenvalue weighted by Crippen LogP contribution is -2.12. The smallest absolute Gasteiger partial charge is 0.150 e. The van der Waals surface area contributed by atoms with Gasteiger partial charge in [-0.2, -0.15) is 5.26 Å². The van der Waals surface area contributed by atoms with Gasteiger partial charge in [0, 0.05) is 5.56 Å². The summed E-state index contributed by atoms with van der Waals surface area (Å²) in [7, 11) is 0. The molecule has 2 aromatic rings. The Morgan fingerprint density at radius 3 is 2.33 bits per heavy atom. The summed E-state index contributed by atoms with van der Waals surface area (Å²) in [6.45, 7) is 8.47. The zero-order valence-electron chi connectivity index (χ0n) is 12.9. The van der Waals surface area contributed by atoms with Gasteiger partial charge in [-0.1, -0.05) is 32.9 Å². The van der Waals surface area contributed by atoms with Gasteiger partial charge in [-0.15, -0.1) is 0 Å². The molecule has 0 aromatic heterocycles. The minimum Gasteiger partial charge on any atom is -0.455 e. The van der Waals surface area contributed by atoms with Crippen LogP contribution in [0.1, 0.15) is 37.5 Å². The van der Waals surface area contributed by atoms with Gasteiger partial charge in [0.1, 0.15) is 11.5 Å². The molecular formula is C18H20N2O.